The van der Waals surface area contributed by atoms with Gasteiger partial charge in [-0.3, -0.25) is 14.2 Å². The molecule has 272 valence electrons. The van der Waals surface area contributed by atoms with E-state index in [-0.39, 0.29) is 22.8 Å². The number of ether oxygens (including phenoxy) is 1. The van der Waals surface area contributed by atoms with E-state index in [1.807, 2.05) is 51.1 Å². The van der Waals surface area contributed by atoms with E-state index in [2.05, 4.69) is 15.3 Å². The summed E-state index contributed by atoms with van der Waals surface area (Å²) < 4.78 is 37.6. The number of hydrogen-bond donors (Lipinski definition) is 2. The maximum absolute atomic E-state index is 14.6. The van der Waals surface area contributed by atoms with Gasteiger partial charge in [-0.05, 0) is 78.8 Å². The van der Waals surface area contributed by atoms with Gasteiger partial charge in [0.15, 0.2) is 5.65 Å². The van der Waals surface area contributed by atoms with E-state index < -0.39 is 52.4 Å². The van der Waals surface area contributed by atoms with Crippen LogP contribution in [0.3, 0.4) is 0 Å². The van der Waals surface area contributed by atoms with E-state index in [0.29, 0.717) is 37.0 Å². The van der Waals surface area contributed by atoms with Crippen molar-refractivity contribution in [3.8, 4) is 16.8 Å². The van der Waals surface area contributed by atoms with Crippen molar-refractivity contribution in [3.63, 3.8) is 0 Å². The summed E-state index contributed by atoms with van der Waals surface area (Å²) in [5.74, 6) is -1.59. The van der Waals surface area contributed by atoms with Crippen LogP contribution in [0.5, 0.6) is 0 Å². The van der Waals surface area contributed by atoms with Crippen LogP contribution in [0.25, 0.3) is 33.5 Å². The van der Waals surface area contributed by atoms with Crippen LogP contribution >= 0.6 is 0 Å². The Hall–Kier alpha value is -6.18. The van der Waals surface area contributed by atoms with Gasteiger partial charge < -0.3 is 20.2 Å². The summed E-state index contributed by atoms with van der Waals surface area (Å²) >= 11 is 0. The van der Waals surface area contributed by atoms with Gasteiger partial charge in [0, 0.05) is 29.9 Å². The van der Waals surface area contributed by atoms with Crippen molar-refractivity contribution in [3.05, 3.63) is 129 Å². The third kappa shape index (κ3) is 7.04. The molecule has 12 nitrogen and oxygen atoms in total. The molecule has 7 rings (SSSR count). The number of fused-ring (bicyclic) bond motifs is 2. The quantitative estimate of drug-likeness (QED) is 0.198. The maximum atomic E-state index is 14.6. The number of rotatable bonds is 7. The highest BCUT2D eigenvalue weighted by atomic mass is 19.1. The number of carbonyl (C=O) groups is 2. The molecule has 2 amide bonds. The number of nitrogens with two attached hydrogens (primary N) is 1. The Labute approximate surface area is 301 Å². The van der Waals surface area contributed by atoms with Crippen LogP contribution < -0.4 is 22.3 Å². The summed E-state index contributed by atoms with van der Waals surface area (Å²) in [5.41, 5.74) is 6.88. The largest absolute Gasteiger partial charge is 0.441 e. The number of nitrogens with one attached hydrogen (secondary N) is 1. The van der Waals surface area contributed by atoms with E-state index in [1.54, 1.807) is 18.2 Å². The summed E-state index contributed by atoms with van der Waals surface area (Å²) in [7, 11) is 0. The minimum Gasteiger partial charge on any atom is -0.441 e. The molecule has 0 spiro atoms. The zero-order chi connectivity index (χ0) is 37.6. The van der Waals surface area contributed by atoms with Crippen molar-refractivity contribution < 1.29 is 23.1 Å². The lowest BCUT2D eigenvalue weighted by molar-refractivity contribution is 0.0360. The summed E-state index contributed by atoms with van der Waals surface area (Å²) in [4.78, 5) is 61.5. The monoisotopic (exact) mass is 721 g/mol. The van der Waals surface area contributed by atoms with Crippen molar-refractivity contribution in [1.82, 2.24) is 28.8 Å². The molecule has 2 aromatic carbocycles. The summed E-state index contributed by atoms with van der Waals surface area (Å²) in [5, 5.41) is 2.92. The SMILES string of the molecule is CC(C)(C)C(OC(N)=O)c1cccc(-c2cccc(-n3c(=O)n(C4CCC(NC(=O)c5cn6cc(F)ccc6n5)CC4)c(=O)c4cc(F)cnc43)c2)c1. The van der Waals surface area contributed by atoms with Gasteiger partial charge in [0.25, 0.3) is 11.5 Å². The van der Waals surface area contributed by atoms with Gasteiger partial charge in [-0.2, -0.15) is 0 Å². The second-order valence-electron chi connectivity index (χ2n) is 14.4. The van der Waals surface area contributed by atoms with Crippen LogP contribution in [-0.2, 0) is 4.74 Å². The average Bonchev–Trinajstić information content (AvgIpc) is 3.55. The Balaban J connectivity index is 1.20. The second-order valence-corrected chi connectivity index (χ2v) is 14.4. The minimum atomic E-state index is -0.886. The highest BCUT2D eigenvalue weighted by Gasteiger charge is 2.31. The van der Waals surface area contributed by atoms with Crippen LogP contribution in [0, 0.1) is 17.0 Å². The molecule has 1 aliphatic carbocycles. The topological polar surface area (TPSA) is 156 Å². The standard InChI is InChI=1S/C39H37F2N7O5/c1-39(2,3)33(53-37(42)51)24-8-4-6-22(16-24)23-7-5-9-29(17-23)47-34-30(18-26(41)19-43-34)36(50)48(38(47)52)28-13-11-27(12-14-28)44-35(49)31-21-46-20-25(40)10-15-32(46)45-31/h4-10,15-21,27-28,33H,11-14H2,1-3H3,(H2,42,51)(H,44,49). The number of primary amides is 1. The predicted octanol–water partition coefficient (Wildman–Crippen LogP) is 6.24. The van der Waals surface area contributed by atoms with E-state index >= 15 is 0 Å². The van der Waals surface area contributed by atoms with Crippen molar-refractivity contribution in [1.29, 1.82) is 0 Å². The van der Waals surface area contributed by atoms with Gasteiger partial charge in [0.2, 0.25) is 0 Å². The molecule has 1 aliphatic rings. The van der Waals surface area contributed by atoms with Crippen molar-refractivity contribution in [2.24, 2.45) is 11.1 Å². The summed E-state index contributed by atoms with van der Waals surface area (Å²) in [6.45, 7) is 5.81. The average molecular weight is 722 g/mol. The molecule has 1 fully saturated rings. The highest BCUT2D eigenvalue weighted by Crippen LogP contribution is 2.38. The normalized spacial score (nSPS) is 16.8. The molecule has 4 heterocycles. The first-order chi connectivity index (χ1) is 25.3. The molecule has 1 atom stereocenters. The Morgan fingerprint density at radius 3 is 2.36 bits per heavy atom. The smallest absolute Gasteiger partial charge is 0.405 e. The Kier molecular flexibility index (Phi) is 9.14. The lowest BCUT2D eigenvalue weighted by atomic mass is 9.84. The fraction of sp³-hybridized carbons (Fsp3) is 0.282. The van der Waals surface area contributed by atoms with Gasteiger partial charge in [0.05, 0.1) is 17.3 Å². The third-order valence-electron chi connectivity index (χ3n) is 9.58. The first kappa shape index (κ1) is 35.2. The van der Waals surface area contributed by atoms with Crippen molar-refractivity contribution >= 4 is 28.7 Å². The lowest BCUT2D eigenvalue weighted by Gasteiger charge is -2.30. The molecular formula is C39H37F2N7O5. The number of imidazole rings is 1. The fourth-order valence-electron chi connectivity index (χ4n) is 7.12. The van der Waals surface area contributed by atoms with Gasteiger partial charge in [-0.25, -0.2) is 32.9 Å². The molecule has 0 aliphatic heterocycles. The highest BCUT2D eigenvalue weighted by molar-refractivity contribution is 5.93. The van der Waals surface area contributed by atoms with E-state index in [1.165, 1.54) is 38.1 Å². The first-order valence-electron chi connectivity index (χ1n) is 17.2. The number of halogens is 2. The van der Waals surface area contributed by atoms with E-state index in [0.717, 1.165) is 29.0 Å². The number of hydrogen-bond acceptors (Lipinski definition) is 7. The maximum Gasteiger partial charge on any atom is 0.405 e. The second kappa shape index (κ2) is 13.7. The number of pyridine rings is 2. The number of amides is 2. The fourth-order valence-corrected chi connectivity index (χ4v) is 7.12. The summed E-state index contributed by atoms with van der Waals surface area (Å²) in [6.07, 6.45) is 3.85. The molecule has 0 radical (unpaired) electrons. The molecule has 4 aromatic heterocycles. The molecule has 53 heavy (non-hydrogen) atoms. The Bertz CT molecular complexity index is 2510. The van der Waals surface area contributed by atoms with Crippen LogP contribution in [-0.4, -0.2) is 41.5 Å². The Morgan fingerprint density at radius 2 is 1.64 bits per heavy atom. The lowest BCUT2D eigenvalue weighted by Crippen LogP contribution is -2.45. The molecule has 0 saturated heterocycles. The zero-order valence-electron chi connectivity index (χ0n) is 29.3. The number of aromatic nitrogens is 5. The zero-order valence-corrected chi connectivity index (χ0v) is 29.3. The molecule has 0 bridgehead atoms. The van der Waals surface area contributed by atoms with Gasteiger partial charge in [0.1, 0.15) is 29.1 Å². The third-order valence-corrected chi connectivity index (χ3v) is 9.58. The molecular weight excluding hydrogens is 684 g/mol. The van der Waals surface area contributed by atoms with Crippen LogP contribution in [0.15, 0.2) is 94.9 Å². The van der Waals surface area contributed by atoms with Crippen molar-refractivity contribution in [2.45, 2.75) is 64.6 Å². The van der Waals surface area contributed by atoms with Gasteiger partial charge in [-0.1, -0.05) is 51.1 Å². The van der Waals surface area contributed by atoms with Gasteiger partial charge >= 0.3 is 11.8 Å². The number of carbonyl (C=O) groups excluding carboxylic acids is 2. The van der Waals surface area contributed by atoms with Gasteiger partial charge in [-0.15, -0.1) is 0 Å². The molecule has 14 heteroatoms. The van der Waals surface area contributed by atoms with Crippen LogP contribution in [0.1, 0.15) is 74.7 Å². The number of benzene rings is 2. The van der Waals surface area contributed by atoms with E-state index in [9.17, 15) is 28.0 Å². The molecule has 3 N–H and O–H groups in total. The van der Waals surface area contributed by atoms with E-state index in [4.69, 9.17) is 10.5 Å². The molecule has 1 saturated carbocycles. The number of nitrogens with zero attached hydrogens (tertiary/aromatic N) is 5. The minimum absolute atomic E-state index is 0.0134. The summed E-state index contributed by atoms with van der Waals surface area (Å²) in [6, 6.07) is 17.6. The molecule has 6 aromatic rings. The van der Waals surface area contributed by atoms with Crippen LogP contribution in [0.2, 0.25) is 0 Å². The van der Waals surface area contributed by atoms with Crippen molar-refractivity contribution in [2.75, 3.05) is 0 Å². The predicted molar refractivity (Wildman–Crippen MR) is 194 cm³/mol. The first-order valence-corrected chi connectivity index (χ1v) is 17.2. The Morgan fingerprint density at radius 1 is 0.925 bits per heavy atom. The molecule has 1 unspecified atom stereocenters. The van der Waals surface area contributed by atoms with Crippen LogP contribution in [0.4, 0.5) is 13.6 Å².